The molecule has 1 amide bonds. The summed E-state index contributed by atoms with van der Waals surface area (Å²) in [6.45, 7) is 2.67. The fourth-order valence-corrected chi connectivity index (χ4v) is 4.41. The lowest BCUT2D eigenvalue weighted by Gasteiger charge is -2.13. The lowest BCUT2D eigenvalue weighted by molar-refractivity contribution is -0.153. The predicted octanol–water partition coefficient (Wildman–Crippen LogP) is 4.58. The molecule has 1 saturated heterocycles. The Hall–Kier alpha value is -2.17. The van der Waals surface area contributed by atoms with Crippen molar-refractivity contribution in [1.29, 1.82) is 0 Å². The lowest BCUT2D eigenvalue weighted by Crippen LogP contribution is -2.25. The first-order valence-electron chi connectivity index (χ1n) is 9.46. The molecule has 2 heterocycles. The van der Waals surface area contributed by atoms with Gasteiger partial charge in [-0.3, -0.25) is 9.59 Å². The van der Waals surface area contributed by atoms with Crippen LogP contribution in [0.5, 0.6) is 5.75 Å². The molecule has 1 fully saturated rings. The van der Waals surface area contributed by atoms with Crippen LogP contribution in [0.25, 0.3) is 0 Å². The van der Waals surface area contributed by atoms with Gasteiger partial charge in [0.05, 0.1) is 23.1 Å². The van der Waals surface area contributed by atoms with Gasteiger partial charge in [-0.15, -0.1) is 0 Å². The number of nitrogens with zero attached hydrogens (tertiary/aromatic N) is 2. The molecular weight excluding hydrogens is 457 g/mol. The number of amides is 1. The largest absolute Gasteiger partial charge is 0.483 e. The summed E-state index contributed by atoms with van der Waals surface area (Å²) in [5.74, 6) is -1.27. The highest BCUT2D eigenvalue weighted by molar-refractivity contribution is 7.11. The van der Waals surface area contributed by atoms with Gasteiger partial charge < -0.3 is 14.0 Å². The Bertz CT molecular complexity index is 1060. The third kappa shape index (κ3) is 5.96. The molecule has 0 bridgehead atoms. The zero-order valence-electron chi connectivity index (χ0n) is 16.8. The standard InChI is InChI=1S/C20H20ClF3N2O4S/c1-11-17(12(2)27)31-19(26(11)9-14-4-3-7-29-14)25-18(28)15-8-13(21)5-6-16(15)30-10-20(22,23)24/h5-6,8,14H,3-4,7,9-10H2,1-2H3/b25-19-/t14-/m1/s1. The quantitative estimate of drug-likeness (QED) is 0.572. The Morgan fingerprint density at radius 3 is 2.74 bits per heavy atom. The Morgan fingerprint density at radius 2 is 2.13 bits per heavy atom. The summed E-state index contributed by atoms with van der Waals surface area (Å²) in [5.41, 5.74) is 0.454. The number of ether oxygens (including phenoxy) is 2. The zero-order valence-corrected chi connectivity index (χ0v) is 18.4. The van der Waals surface area contributed by atoms with Gasteiger partial charge in [-0.1, -0.05) is 22.9 Å². The van der Waals surface area contributed by atoms with Crippen LogP contribution in [0.2, 0.25) is 5.02 Å². The first-order valence-corrected chi connectivity index (χ1v) is 10.7. The molecule has 1 aromatic heterocycles. The SMILES string of the molecule is CC(=O)c1s/c(=N\C(=O)c2cc(Cl)ccc2OCC(F)(F)F)n(C[C@H]2CCCO2)c1C. The number of Topliss-reactive ketones (excluding diaryl/α,β-unsaturated/α-hetero) is 1. The number of benzene rings is 1. The number of halogens is 4. The van der Waals surface area contributed by atoms with E-state index in [1.807, 2.05) is 0 Å². The minimum absolute atomic E-state index is 0.0704. The van der Waals surface area contributed by atoms with Gasteiger partial charge in [-0.2, -0.15) is 18.2 Å². The summed E-state index contributed by atoms with van der Waals surface area (Å²) < 4.78 is 49.9. The summed E-state index contributed by atoms with van der Waals surface area (Å²) in [4.78, 5) is 29.7. The van der Waals surface area contributed by atoms with Crippen molar-refractivity contribution < 1.29 is 32.2 Å². The van der Waals surface area contributed by atoms with E-state index in [4.69, 9.17) is 21.1 Å². The fourth-order valence-electron chi connectivity index (χ4n) is 3.20. The Labute approximate surface area is 185 Å². The first kappa shape index (κ1) is 23.5. The van der Waals surface area contributed by atoms with Crippen LogP contribution in [0.3, 0.4) is 0 Å². The molecule has 0 spiro atoms. The van der Waals surface area contributed by atoms with Crippen molar-refractivity contribution in [2.24, 2.45) is 4.99 Å². The number of carbonyl (C=O) groups is 2. The van der Waals surface area contributed by atoms with Crippen LogP contribution < -0.4 is 9.54 Å². The fraction of sp³-hybridized carbons (Fsp3) is 0.450. The van der Waals surface area contributed by atoms with Crippen molar-refractivity contribution in [3.05, 3.63) is 44.2 Å². The van der Waals surface area contributed by atoms with Crippen LogP contribution in [-0.2, 0) is 11.3 Å². The second-order valence-electron chi connectivity index (χ2n) is 7.06. The monoisotopic (exact) mass is 476 g/mol. The molecule has 3 rings (SSSR count). The van der Waals surface area contributed by atoms with Crippen LogP contribution in [0.15, 0.2) is 23.2 Å². The van der Waals surface area contributed by atoms with E-state index in [0.717, 1.165) is 24.2 Å². The average Bonchev–Trinajstić information content (AvgIpc) is 3.30. The second kappa shape index (κ2) is 9.54. The van der Waals surface area contributed by atoms with Gasteiger partial charge in [0.1, 0.15) is 5.75 Å². The van der Waals surface area contributed by atoms with E-state index in [0.29, 0.717) is 23.7 Å². The molecular formula is C20H20ClF3N2O4S. The molecule has 1 atom stereocenters. The number of carbonyl (C=O) groups excluding carboxylic acids is 2. The Balaban J connectivity index is 2.01. The van der Waals surface area contributed by atoms with Crippen LogP contribution in [0.4, 0.5) is 13.2 Å². The molecule has 1 aliphatic rings. The number of ketones is 1. The molecule has 1 aliphatic heterocycles. The molecule has 1 aromatic carbocycles. The van der Waals surface area contributed by atoms with Gasteiger partial charge >= 0.3 is 6.18 Å². The summed E-state index contributed by atoms with van der Waals surface area (Å²) >= 11 is 6.98. The molecule has 31 heavy (non-hydrogen) atoms. The van der Waals surface area contributed by atoms with E-state index in [9.17, 15) is 22.8 Å². The van der Waals surface area contributed by atoms with Gasteiger partial charge in [-0.25, -0.2) is 0 Å². The third-order valence-corrected chi connectivity index (χ3v) is 6.16. The van der Waals surface area contributed by atoms with Crippen LogP contribution in [0.1, 0.15) is 45.5 Å². The second-order valence-corrected chi connectivity index (χ2v) is 8.48. The lowest BCUT2D eigenvalue weighted by atomic mass is 10.2. The highest BCUT2D eigenvalue weighted by atomic mass is 35.5. The maximum atomic E-state index is 12.9. The highest BCUT2D eigenvalue weighted by Crippen LogP contribution is 2.26. The third-order valence-electron chi connectivity index (χ3n) is 4.65. The van der Waals surface area contributed by atoms with Crippen LogP contribution in [-0.4, -0.2) is 41.8 Å². The molecule has 0 aliphatic carbocycles. The normalized spacial score (nSPS) is 17.2. The van der Waals surface area contributed by atoms with Crippen molar-refractivity contribution in [2.45, 2.75) is 45.5 Å². The van der Waals surface area contributed by atoms with E-state index in [2.05, 4.69) is 4.99 Å². The number of aromatic nitrogens is 1. The predicted molar refractivity (Wildman–Crippen MR) is 109 cm³/mol. The van der Waals surface area contributed by atoms with Gasteiger partial charge in [-0.05, 0) is 38.0 Å². The number of rotatable bonds is 6. The topological polar surface area (TPSA) is 69.9 Å². The smallest absolute Gasteiger partial charge is 0.422 e. The van der Waals surface area contributed by atoms with Gasteiger partial charge in [0.25, 0.3) is 5.91 Å². The molecule has 6 nitrogen and oxygen atoms in total. The average molecular weight is 477 g/mol. The van der Waals surface area contributed by atoms with Gasteiger partial charge in [0.2, 0.25) is 0 Å². The molecule has 0 radical (unpaired) electrons. The van der Waals surface area contributed by atoms with E-state index in [1.54, 1.807) is 11.5 Å². The van der Waals surface area contributed by atoms with E-state index >= 15 is 0 Å². The van der Waals surface area contributed by atoms with Crippen LogP contribution in [0, 0.1) is 6.92 Å². The highest BCUT2D eigenvalue weighted by Gasteiger charge is 2.29. The molecule has 11 heteroatoms. The Morgan fingerprint density at radius 1 is 1.39 bits per heavy atom. The number of hydrogen-bond acceptors (Lipinski definition) is 5. The number of thiazole rings is 1. The molecule has 0 unspecified atom stereocenters. The summed E-state index contributed by atoms with van der Waals surface area (Å²) in [6, 6.07) is 3.72. The maximum Gasteiger partial charge on any atom is 0.422 e. The molecule has 2 aromatic rings. The first-order chi connectivity index (χ1) is 14.5. The summed E-state index contributed by atoms with van der Waals surface area (Å²) in [7, 11) is 0. The van der Waals surface area contributed by atoms with E-state index in [1.165, 1.54) is 25.1 Å². The van der Waals surface area contributed by atoms with E-state index < -0.39 is 18.7 Å². The minimum atomic E-state index is -4.57. The van der Waals surface area contributed by atoms with Gasteiger partial charge in [0, 0.05) is 24.2 Å². The molecule has 0 saturated carbocycles. The Kier molecular flexibility index (Phi) is 7.23. The summed E-state index contributed by atoms with van der Waals surface area (Å²) in [6.07, 6.45) is -2.88. The van der Waals surface area contributed by atoms with Gasteiger partial charge in [0.15, 0.2) is 17.2 Å². The number of hydrogen-bond donors (Lipinski definition) is 0. The van der Waals surface area contributed by atoms with Crippen molar-refractivity contribution in [2.75, 3.05) is 13.2 Å². The zero-order chi connectivity index (χ0) is 22.8. The number of alkyl halides is 3. The maximum absolute atomic E-state index is 12.9. The van der Waals surface area contributed by atoms with Crippen molar-refractivity contribution in [3.8, 4) is 5.75 Å². The van der Waals surface area contributed by atoms with Crippen molar-refractivity contribution >= 4 is 34.6 Å². The van der Waals surface area contributed by atoms with Crippen molar-refractivity contribution in [3.63, 3.8) is 0 Å². The van der Waals surface area contributed by atoms with Crippen molar-refractivity contribution in [1.82, 2.24) is 4.57 Å². The van der Waals surface area contributed by atoms with Crippen LogP contribution >= 0.6 is 22.9 Å². The van der Waals surface area contributed by atoms with E-state index in [-0.39, 0.29) is 33.0 Å². The minimum Gasteiger partial charge on any atom is -0.483 e. The molecule has 0 N–H and O–H groups in total. The molecule has 168 valence electrons. The summed E-state index contributed by atoms with van der Waals surface area (Å²) in [5, 5.41) is 0.150.